The molecule has 0 atom stereocenters. The minimum absolute atomic E-state index is 0.0448. The molecule has 0 aliphatic carbocycles. The van der Waals surface area contributed by atoms with Crippen molar-refractivity contribution in [1.29, 1.82) is 0 Å². The molecule has 0 radical (unpaired) electrons. The van der Waals surface area contributed by atoms with Crippen molar-refractivity contribution in [3.8, 4) is 0 Å². The van der Waals surface area contributed by atoms with Gasteiger partial charge < -0.3 is 10.6 Å². The zero-order valence-corrected chi connectivity index (χ0v) is 13.8. The topological polar surface area (TPSA) is 41.1 Å². The van der Waals surface area contributed by atoms with E-state index in [4.69, 9.17) is 0 Å². The molecule has 0 bridgehead atoms. The molecule has 23 heavy (non-hydrogen) atoms. The summed E-state index contributed by atoms with van der Waals surface area (Å²) in [6.45, 7) is 1.89. The smallest absolute Gasteiger partial charge is 0.376 e. The number of rotatable bonds is 4. The van der Waals surface area contributed by atoms with Gasteiger partial charge in [0.25, 0.3) is 0 Å². The lowest BCUT2D eigenvalue weighted by atomic mass is 10.2. The first-order valence-electron chi connectivity index (χ1n) is 6.73. The van der Waals surface area contributed by atoms with Gasteiger partial charge in [0.1, 0.15) is 0 Å². The number of carbonyl (C=O) groups excluding carboxylic acids is 1. The first-order chi connectivity index (χ1) is 10.8. The monoisotopic (exact) mass is 386 g/mol. The van der Waals surface area contributed by atoms with Crippen LogP contribution in [0.5, 0.6) is 0 Å². The highest BCUT2D eigenvalue weighted by Gasteiger charge is 2.29. The number of carbonyl (C=O) groups is 1. The van der Waals surface area contributed by atoms with Crippen molar-refractivity contribution >= 4 is 33.2 Å². The van der Waals surface area contributed by atoms with Gasteiger partial charge in [-0.05, 0) is 48.9 Å². The summed E-state index contributed by atoms with van der Waals surface area (Å²) in [5.74, 6) is -0.291. The second kappa shape index (κ2) is 7.04. The maximum absolute atomic E-state index is 12.4. The number of anilines is 2. The summed E-state index contributed by atoms with van der Waals surface area (Å²) in [7, 11) is 0. The minimum atomic E-state index is -4.37. The molecule has 0 unspecified atom stereocenters. The van der Waals surface area contributed by atoms with E-state index in [-0.39, 0.29) is 12.5 Å². The molecule has 0 saturated carbocycles. The van der Waals surface area contributed by atoms with E-state index in [1.54, 1.807) is 12.1 Å². The third-order valence-electron chi connectivity index (χ3n) is 3.12. The Labute approximate surface area is 140 Å². The lowest BCUT2D eigenvalue weighted by Crippen LogP contribution is -2.21. The van der Waals surface area contributed by atoms with E-state index < -0.39 is 11.7 Å². The SMILES string of the molecule is Cc1ccc(NC(=O)CNc2ccc(C(F)(F)F)cc2)cc1Br. The van der Waals surface area contributed by atoms with Crippen LogP contribution in [0.25, 0.3) is 0 Å². The largest absolute Gasteiger partial charge is 0.416 e. The number of benzene rings is 2. The molecule has 2 rings (SSSR count). The van der Waals surface area contributed by atoms with Gasteiger partial charge in [-0.1, -0.05) is 22.0 Å². The molecule has 3 nitrogen and oxygen atoms in total. The van der Waals surface area contributed by atoms with E-state index in [2.05, 4.69) is 26.6 Å². The fraction of sp³-hybridized carbons (Fsp3) is 0.188. The van der Waals surface area contributed by atoms with Gasteiger partial charge in [-0.3, -0.25) is 4.79 Å². The first kappa shape index (κ1) is 17.3. The molecule has 2 aromatic rings. The maximum Gasteiger partial charge on any atom is 0.416 e. The molecule has 2 aromatic carbocycles. The van der Waals surface area contributed by atoms with Crippen LogP contribution in [-0.4, -0.2) is 12.5 Å². The van der Waals surface area contributed by atoms with Crippen LogP contribution >= 0.6 is 15.9 Å². The van der Waals surface area contributed by atoms with Crippen molar-refractivity contribution in [3.05, 3.63) is 58.1 Å². The van der Waals surface area contributed by atoms with Crippen molar-refractivity contribution in [2.24, 2.45) is 0 Å². The number of aryl methyl sites for hydroxylation is 1. The van der Waals surface area contributed by atoms with Gasteiger partial charge in [0.2, 0.25) is 5.91 Å². The highest BCUT2D eigenvalue weighted by Crippen LogP contribution is 2.29. The van der Waals surface area contributed by atoms with Gasteiger partial charge in [-0.15, -0.1) is 0 Å². The van der Waals surface area contributed by atoms with E-state index >= 15 is 0 Å². The van der Waals surface area contributed by atoms with Gasteiger partial charge >= 0.3 is 6.18 Å². The summed E-state index contributed by atoms with van der Waals surface area (Å²) in [6.07, 6.45) is -4.37. The van der Waals surface area contributed by atoms with Gasteiger partial charge in [-0.25, -0.2) is 0 Å². The number of halogens is 4. The molecule has 0 spiro atoms. The van der Waals surface area contributed by atoms with Gasteiger partial charge in [0, 0.05) is 15.8 Å². The summed E-state index contributed by atoms with van der Waals surface area (Å²) < 4.78 is 38.2. The molecule has 7 heteroatoms. The van der Waals surface area contributed by atoms with Gasteiger partial charge in [0.15, 0.2) is 0 Å². The van der Waals surface area contributed by atoms with Crippen LogP contribution in [0.3, 0.4) is 0 Å². The Kier molecular flexibility index (Phi) is 5.30. The van der Waals surface area contributed by atoms with Gasteiger partial charge in [-0.2, -0.15) is 13.2 Å². The summed E-state index contributed by atoms with van der Waals surface area (Å²) in [6, 6.07) is 9.94. The Morgan fingerprint density at radius 2 is 1.70 bits per heavy atom. The molecular formula is C16H14BrF3N2O. The fourth-order valence-electron chi connectivity index (χ4n) is 1.84. The second-order valence-corrected chi connectivity index (χ2v) is 5.80. The van der Waals surface area contributed by atoms with E-state index in [0.717, 1.165) is 22.2 Å². The Morgan fingerprint density at radius 3 is 2.26 bits per heavy atom. The van der Waals surface area contributed by atoms with Crippen LogP contribution in [0, 0.1) is 6.92 Å². The average molecular weight is 387 g/mol. The second-order valence-electron chi connectivity index (χ2n) is 4.94. The van der Waals surface area contributed by atoms with Crippen LogP contribution < -0.4 is 10.6 Å². The molecule has 0 aliphatic heterocycles. The molecule has 0 aliphatic rings. The molecule has 1 amide bonds. The molecule has 0 fully saturated rings. The highest BCUT2D eigenvalue weighted by molar-refractivity contribution is 9.10. The summed E-state index contributed by atoms with van der Waals surface area (Å²) in [4.78, 5) is 11.8. The van der Waals surface area contributed by atoms with Crippen molar-refractivity contribution in [3.63, 3.8) is 0 Å². The lowest BCUT2D eigenvalue weighted by molar-refractivity contribution is -0.137. The zero-order valence-electron chi connectivity index (χ0n) is 12.2. The maximum atomic E-state index is 12.4. The molecular weight excluding hydrogens is 373 g/mol. The molecule has 2 N–H and O–H groups in total. The van der Waals surface area contributed by atoms with E-state index in [0.29, 0.717) is 11.4 Å². The van der Waals surface area contributed by atoms with E-state index in [1.165, 1.54) is 12.1 Å². The van der Waals surface area contributed by atoms with Crippen molar-refractivity contribution < 1.29 is 18.0 Å². The third-order valence-corrected chi connectivity index (χ3v) is 3.98. The molecule has 122 valence electrons. The molecule has 0 aromatic heterocycles. The fourth-order valence-corrected chi connectivity index (χ4v) is 2.21. The first-order valence-corrected chi connectivity index (χ1v) is 7.52. The number of alkyl halides is 3. The van der Waals surface area contributed by atoms with Crippen molar-refractivity contribution in [1.82, 2.24) is 0 Å². The van der Waals surface area contributed by atoms with Crippen LogP contribution in [0.1, 0.15) is 11.1 Å². The zero-order chi connectivity index (χ0) is 17.0. The van der Waals surface area contributed by atoms with Crippen molar-refractivity contribution in [2.45, 2.75) is 13.1 Å². The Balaban J connectivity index is 1.90. The summed E-state index contributed by atoms with van der Waals surface area (Å²) in [5, 5.41) is 5.48. The minimum Gasteiger partial charge on any atom is -0.376 e. The summed E-state index contributed by atoms with van der Waals surface area (Å²) >= 11 is 3.38. The van der Waals surface area contributed by atoms with Crippen molar-refractivity contribution in [2.75, 3.05) is 17.2 Å². The molecule has 0 heterocycles. The normalized spacial score (nSPS) is 11.2. The lowest BCUT2D eigenvalue weighted by Gasteiger charge is -2.10. The van der Waals surface area contributed by atoms with E-state index in [1.807, 2.05) is 13.0 Å². The number of hydrogen-bond donors (Lipinski definition) is 2. The number of nitrogens with one attached hydrogen (secondary N) is 2. The van der Waals surface area contributed by atoms with E-state index in [9.17, 15) is 18.0 Å². The predicted molar refractivity (Wildman–Crippen MR) is 87.4 cm³/mol. The highest BCUT2D eigenvalue weighted by atomic mass is 79.9. The quantitative estimate of drug-likeness (QED) is 0.790. The standard InChI is InChI=1S/C16H14BrF3N2O/c1-10-2-5-13(8-14(10)17)22-15(23)9-21-12-6-3-11(4-7-12)16(18,19)20/h2-8,21H,9H2,1H3,(H,22,23). The Hall–Kier alpha value is -2.02. The third kappa shape index (κ3) is 4.99. The van der Waals surface area contributed by atoms with Crippen LogP contribution in [0.2, 0.25) is 0 Å². The average Bonchev–Trinajstić information content (AvgIpc) is 2.48. The Bertz CT molecular complexity index is 699. The number of amides is 1. The predicted octanol–water partition coefficient (Wildman–Crippen LogP) is 4.83. The Morgan fingerprint density at radius 1 is 1.09 bits per heavy atom. The van der Waals surface area contributed by atoms with Crippen LogP contribution in [0.15, 0.2) is 46.9 Å². The van der Waals surface area contributed by atoms with Crippen LogP contribution in [-0.2, 0) is 11.0 Å². The number of hydrogen-bond acceptors (Lipinski definition) is 2. The molecule has 0 saturated heterocycles. The van der Waals surface area contributed by atoms with Crippen LogP contribution in [0.4, 0.5) is 24.5 Å². The van der Waals surface area contributed by atoms with Gasteiger partial charge in [0.05, 0.1) is 12.1 Å². The summed E-state index contributed by atoms with van der Waals surface area (Å²) in [5.41, 5.74) is 1.41.